The second-order valence-electron chi connectivity index (χ2n) is 4.75. The van der Waals surface area contributed by atoms with Crippen molar-refractivity contribution in [3.05, 3.63) is 68.2 Å². The molecule has 2 heterocycles. The van der Waals surface area contributed by atoms with Crippen molar-refractivity contribution in [1.29, 1.82) is 0 Å². The standard InChI is InChI=1S/C11H8ClNO2S.C5H3NO4/c12-7-3-1-6(2-4-7)8-5-16-10(13)9(8)11(14)15;7-3-4-1-2-5(10-4)6(8)9/h1-5H,13H2,(H,14,15);1-3H. The fraction of sp³-hybridized carbons (Fsp3) is 0. The molecule has 3 N–H and O–H groups in total. The summed E-state index contributed by atoms with van der Waals surface area (Å²) >= 11 is 6.99. The predicted molar refractivity (Wildman–Crippen MR) is 96.9 cm³/mol. The van der Waals surface area contributed by atoms with Crippen molar-refractivity contribution in [3.63, 3.8) is 0 Å². The minimum Gasteiger partial charge on any atom is -0.478 e. The average molecular weight is 395 g/mol. The number of furan rings is 1. The lowest BCUT2D eigenvalue weighted by molar-refractivity contribution is -0.402. The zero-order valence-electron chi connectivity index (χ0n) is 12.9. The molecule has 0 amide bonds. The molecule has 3 aromatic rings. The number of carboxylic acid groups (broad SMARTS) is 1. The number of anilines is 1. The van der Waals surface area contributed by atoms with E-state index in [2.05, 4.69) is 4.42 Å². The molecule has 1 aromatic carbocycles. The maximum absolute atomic E-state index is 11.0. The molecule has 0 saturated heterocycles. The first kappa shape index (κ1) is 19.2. The average Bonchev–Trinajstić information content (AvgIpc) is 3.23. The molecule has 0 unspecified atom stereocenters. The van der Waals surface area contributed by atoms with Crippen LogP contribution in [0.25, 0.3) is 11.1 Å². The normalized spacial score (nSPS) is 9.88. The Morgan fingerprint density at radius 3 is 2.38 bits per heavy atom. The highest BCUT2D eigenvalue weighted by molar-refractivity contribution is 7.14. The van der Waals surface area contributed by atoms with E-state index in [0.717, 1.165) is 11.6 Å². The van der Waals surface area contributed by atoms with E-state index in [0.29, 0.717) is 21.9 Å². The summed E-state index contributed by atoms with van der Waals surface area (Å²) in [5.41, 5.74) is 7.21. The van der Waals surface area contributed by atoms with Crippen LogP contribution in [0.1, 0.15) is 20.9 Å². The number of nitro groups is 1. The Morgan fingerprint density at radius 1 is 1.27 bits per heavy atom. The molecule has 0 aliphatic carbocycles. The van der Waals surface area contributed by atoms with Crippen molar-refractivity contribution in [2.45, 2.75) is 0 Å². The van der Waals surface area contributed by atoms with Crippen LogP contribution in [0.2, 0.25) is 5.02 Å². The molecular formula is C16H11ClN2O6S. The van der Waals surface area contributed by atoms with Crippen LogP contribution in [0.3, 0.4) is 0 Å². The lowest BCUT2D eigenvalue weighted by Gasteiger charge is -2.01. The number of hydrogen-bond acceptors (Lipinski definition) is 7. The number of aldehydes is 1. The number of nitrogens with two attached hydrogens (primary N) is 1. The van der Waals surface area contributed by atoms with Gasteiger partial charge in [-0.15, -0.1) is 11.3 Å². The van der Waals surface area contributed by atoms with Gasteiger partial charge in [0.1, 0.15) is 15.5 Å². The van der Waals surface area contributed by atoms with Crippen molar-refractivity contribution < 1.29 is 24.0 Å². The van der Waals surface area contributed by atoms with Crippen LogP contribution in [0, 0.1) is 10.1 Å². The Balaban J connectivity index is 0.000000209. The van der Waals surface area contributed by atoms with Gasteiger partial charge < -0.3 is 15.3 Å². The first-order valence-corrected chi connectivity index (χ1v) is 8.14. The Hall–Kier alpha value is -3.17. The fourth-order valence-electron chi connectivity index (χ4n) is 1.94. The van der Waals surface area contributed by atoms with E-state index in [1.165, 1.54) is 17.4 Å². The third-order valence-electron chi connectivity index (χ3n) is 3.10. The molecule has 0 fully saturated rings. The van der Waals surface area contributed by atoms with Crippen LogP contribution in [0.5, 0.6) is 0 Å². The topological polar surface area (TPSA) is 137 Å². The number of halogens is 1. The third kappa shape index (κ3) is 4.47. The zero-order valence-corrected chi connectivity index (χ0v) is 14.5. The van der Waals surface area contributed by atoms with Gasteiger partial charge in [-0.3, -0.25) is 14.9 Å². The van der Waals surface area contributed by atoms with Crippen LogP contribution in [-0.4, -0.2) is 22.3 Å². The van der Waals surface area contributed by atoms with Crippen molar-refractivity contribution in [2.24, 2.45) is 0 Å². The predicted octanol–water partition coefficient (Wildman–Crippen LogP) is 4.35. The van der Waals surface area contributed by atoms with E-state index < -0.39 is 16.8 Å². The van der Waals surface area contributed by atoms with Crippen molar-refractivity contribution in [2.75, 3.05) is 5.73 Å². The van der Waals surface area contributed by atoms with E-state index in [1.54, 1.807) is 29.6 Å². The Labute approximate surface area is 155 Å². The molecule has 0 bridgehead atoms. The highest BCUT2D eigenvalue weighted by atomic mass is 35.5. The third-order valence-corrected chi connectivity index (χ3v) is 4.16. The van der Waals surface area contributed by atoms with E-state index in [9.17, 15) is 19.7 Å². The molecule has 0 radical (unpaired) electrons. The second-order valence-corrected chi connectivity index (χ2v) is 6.10. The zero-order chi connectivity index (χ0) is 19.3. The number of carboxylic acids is 1. The number of benzene rings is 1. The molecule has 0 aliphatic heterocycles. The van der Waals surface area contributed by atoms with Crippen LogP contribution >= 0.6 is 22.9 Å². The number of carbonyl (C=O) groups excluding carboxylic acids is 1. The number of hydrogen-bond donors (Lipinski definition) is 2. The van der Waals surface area contributed by atoms with E-state index in [1.807, 2.05) is 0 Å². The molecule has 0 saturated carbocycles. The quantitative estimate of drug-likeness (QED) is 0.381. The lowest BCUT2D eigenvalue weighted by Crippen LogP contribution is -2.00. The second kappa shape index (κ2) is 8.28. The van der Waals surface area contributed by atoms with Gasteiger partial charge in [-0.25, -0.2) is 4.79 Å². The molecule has 26 heavy (non-hydrogen) atoms. The molecule has 0 atom stereocenters. The summed E-state index contributed by atoms with van der Waals surface area (Å²) in [6.45, 7) is 0. The van der Waals surface area contributed by atoms with E-state index in [-0.39, 0.29) is 11.3 Å². The van der Waals surface area contributed by atoms with Gasteiger partial charge in [-0.1, -0.05) is 23.7 Å². The minimum absolute atomic E-state index is 0.0355. The van der Waals surface area contributed by atoms with E-state index >= 15 is 0 Å². The molecular weight excluding hydrogens is 384 g/mol. The van der Waals surface area contributed by atoms with Gasteiger partial charge in [-0.05, 0) is 23.8 Å². The van der Waals surface area contributed by atoms with Crippen molar-refractivity contribution in [1.82, 2.24) is 0 Å². The van der Waals surface area contributed by atoms with Crippen LogP contribution in [-0.2, 0) is 0 Å². The molecule has 2 aromatic heterocycles. The largest absolute Gasteiger partial charge is 0.478 e. The van der Waals surface area contributed by atoms with Gasteiger partial charge in [0.15, 0.2) is 12.0 Å². The number of nitrogens with zero attached hydrogens (tertiary/aromatic N) is 1. The first-order chi connectivity index (χ1) is 12.3. The lowest BCUT2D eigenvalue weighted by atomic mass is 10.0. The van der Waals surface area contributed by atoms with Gasteiger partial charge in [0.05, 0.1) is 6.07 Å². The smallest absolute Gasteiger partial charge is 0.433 e. The molecule has 134 valence electrons. The summed E-state index contributed by atoms with van der Waals surface area (Å²) in [5.74, 6) is -1.46. The summed E-state index contributed by atoms with van der Waals surface area (Å²) in [6, 6.07) is 9.36. The van der Waals surface area contributed by atoms with Crippen LogP contribution < -0.4 is 5.73 Å². The number of carbonyl (C=O) groups is 2. The van der Waals surface area contributed by atoms with Gasteiger partial charge in [0.25, 0.3) is 0 Å². The monoisotopic (exact) mass is 394 g/mol. The number of rotatable bonds is 4. The van der Waals surface area contributed by atoms with Crippen molar-refractivity contribution in [3.8, 4) is 11.1 Å². The number of aromatic carboxylic acids is 1. The Morgan fingerprint density at radius 2 is 1.92 bits per heavy atom. The highest BCUT2D eigenvalue weighted by Crippen LogP contribution is 2.33. The first-order valence-electron chi connectivity index (χ1n) is 6.89. The SMILES string of the molecule is Nc1scc(-c2ccc(Cl)cc2)c1C(=O)O.O=Cc1ccc([N+](=O)[O-])o1. The van der Waals surface area contributed by atoms with Crippen LogP contribution in [0.4, 0.5) is 10.9 Å². The fourth-order valence-corrected chi connectivity index (χ4v) is 2.88. The van der Waals surface area contributed by atoms with Gasteiger partial charge in [0, 0.05) is 16.0 Å². The van der Waals surface area contributed by atoms with Crippen molar-refractivity contribution >= 4 is 46.1 Å². The summed E-state index contributed by atoms with van der Waals surface area (Å²) < 4.78 is 4.43. The molecule has 0 spiro atoms. The molecule has 10 heteroatoms. The molecule has 3 rings (SSSR count). The minimum atomic E-state index is -1.01. The van der Waals surface area contributed by atoms with Gasteiger partial charge in [0.2, 0.25) is 0 Å². The van der Waals surface area contributed by atoms with Gasteiger partial charge in [-0.2, -0.15) is 0 Å². The summed E-state index contributed by atoms with van der Waals surface area (Å²) in [5, 5.41) is 21.6. The Kier molecular flexibility index (Phi) is 6.10. The summed E-state index contributed by atoms with van der Waals surface area (Å²) in [7, 11) is 0. The maximum Gasteiger partial charge on any atom is 0.433 e. The van der Waals surface area contributed by atoms with Gasteiger partial charge >= 0.3 is 11.9 Å². The van der Waals surface area contributed by atoms with E-state index in [4.69, 9.17) is 22.4 Å². The summed E-state index contributed by atoms with van der Waals surface area (Å²) in [4.78, 5) is 30.2. The molecule has 8 nitrogen and oxygen atoms in total. The number of thiophene rings is 1. The maximum atomic E-state index is 11.0. The summed E-state index contributed by atoms with van der Waals surface area (Å²) in [6.07, 6.45) is 0.410. The Bertz CT molecular complexity index is 948. The highest BCUT2D eigenvalue weighted by Gasteiger charge is 2.17. The molecule has 0 aliphatic rings. The van der Waals surface area contributed by atoms with Crippen LogP contribution in [0.15, 0.2) is 46.2 Å². The number of nitrogen functional groups attached to an aromatic ring is 1.